The first kappa shape index (κ1) is 14.9. The summed E-state index contributed by atoms with van der Waals surface area (Å²) in [5.74, 6) is 1.02. The Kier molecular flexibility index (Phi) is 5.41. The molecule has 1 heterocycles. The van der Waals surface area contributed by atoms with Gasteiger partial charge in [-0.05, 0) is 50.3 Å². The van der Waals surface area contributed by atoms with Crippen molar-refractivity contribution in [1.29, 1.82) is 0 Å². The summed E-state index contributed by atoms with van der Waals surface area (Å²) in [6, 6.07) is 8.32. The summed E-state index contributed by atoms with van der Waals surface area (Å²) in [6.07, 6.45) is 4.02. The van der Waals surface area contributed by atoms with E-state index in [4.69, 9.17) is 4.74 Å². The molecule has 2 atom stereocenters. The zero-order valence-corrected chi connectivity index (χ0v) is 12.3. The van der Waals surface area contributed by atoms with E-state index in [0.29, 0.717) is 0 Å². The van der Waals surface area contributed by atoms with Crippen LogP contribution in [-0.2, 0) is 11.2 Å². The zero-order chi connectivity index (χ0) is 14.4. The fourth-order valence-corrected chi connectivity index (χ4v) is 2.62. The number of benzene rings is 1. The maximum atomic E-state index is 11.9. The van der Waals surface area contributed by atoms with Gasteiger partial charge in [0.05, 0.1) is 13.2 Å². The Labute approximate surface area is 120 Å². The molecule has 1 saturated heterocycles. The molecule has 0 bridgehead atoms. The van der Waals surface area contributed by atoms with Gasteiger partial charge >= 0.3 is 0 Å². The highest BCUT2D eigenvalue weighted by Crippen LogP contribution is 2.13. The Morgan fingerprint density at radius 1 is 1.35 bits per heavy atom. The SMILES string of the molecule is COc1ccc(C[C@@H](C)N[C@H]2CCCCNC2=O)cc1. The number of carbonyl (C=O) groups is 1. The van der Waals surface area contributed by atoms with E-state index in [0.717, 1.165) is 38.0 Å². The number of methoxy groups -OCH3 is 1. The molecule has 0 unspecified atom stereocenters. The Bertz CT molecular complexity index is 431. The van der Waals surface area contributed by atoms with Gasteiger partial charge in [-0.25, -0.2) is 0 Å². The first-order valence-electron chi connectivity index (χ1n) is 7.35. The lowest BCUT2D eigenvalue weighted by Crippen LogP contribution is -2.47. The van der Waals surface area contributed by atoms with Crippen LogP contribution in [0.2, 0.25) is 0 Å². The van der Waals surface area contributed by atoms with Crippen molar-refractivity contribution in [2.24, 2.45) is 0 Å². The molecule has 1 amide bonds. The Hall–Kier alpha value is -1.55. The summed E-state index contributed by atoms with van der Waals surface area (Å²) in [4.78, 5) is 11.9. The Morgan fingerprint density at radius 3 is 2.80 bits per heavy atom. The molecule has 0 saturated carbocycles. The quantitative estimate of drug-likeness (QED) is 0.863. The van der Waals surface area contributed by atoms with Crippen molar-refractivity contribution < 1.29 is 9.53 Å². The minimum absolute atomic E-state index is 0.0502. The molecule has 20 heavy (non-hydrogen) atoms. The molecule has 1 aliphatic heterocycles. The summed E-state index contributed by atoms with van der Waals surface area (Å²) >= 11 is 0. The van der Waals surface area contributed by atoms with Crippen molar-refractivity contribution in [3.63, 3.8) is 0 Å². The van der Waals surface area contributed by atoms with E-state index in [9.17, 15) is 4.79 Å². The van der Waals surface area contributed by atoms with Crippen molar-refractivity contribution in [3.05, 3.63) is 29.8 Å². The van der Waals surface area contributed by atoms with Crippen LogP contribution >= 0.6 is 0 Å². The summed E-state index contributed by atoms with van der Waals surface area (Å²) in [6.45, 7) is 2.94. The summed E-state index contributed by atoms with van der Waals surface area (Å²) in [5.41, 5.74) is 1.25. The molecule has 0 aliphatic carbocycles. The lowest BCUT2D eigenvalue weighted by atomic mass is 10.0. The van der Waals surface area contributed by atoms with Crippen LogP contribution in [0.25, 0.3) is 0 Å². The van der Waals surface area contributed by atoms with E-state index in [1.807, 2.05) is 12.1 Å². The van der Waals surface area contributed by atoms with Gasteiger partial charge in [-0.1, -0.05) is 12.1 Å². The van der Waals surface area contributed by atoms with Crippen LogP contribution in [0.3, 0.4) is 0 Å². The maximum absolute atomic E-state index is 11.9. The number of rotatable bonds is 5. The van der Waals surface area contributed by atoms with Gasteiger partial charge in [0.15, 0.2) is 0 Å². The first-order valence-corrected chi connectivity index (χ1v) is 7.35. The van der Waals surface area contributed by atoms with Crippen LogP contribution in [0.15, 0.2) is 24.3 Å². The number of carbonyl (C=O) groups excluding carboxylic acids is 1. The predicted molar refractivity (Wildman–Crippen MR) is 79.9 cm³/mol. The third-order valence-corrected chi connectivity index (χ3v) is 3.72. The molecule has 4 heteroatoms. The van der Waals surface area contributed by atoms with Crippen molar-refractivity contribution in [1.82, 2.24) is 10.6 Å². The average Bonchev–Trinajstić information content (AvgIpc) is 2.65. The van der Waals surface area contributed by atoms with E-state index in [1.54, 1.807) is 7.11 Å². The molecule has 1 fully saturated rings. The highest BCUT2D eigenvalue weighted by molar-refractivity contribution is 5.81. The van der Waals surface area contributed by atoms with Gasteiger partial charge in [0.1, 0.15) is 5.75 Å². The van der Waals surface area contributed by atoms with E-state index in [2.05, 4.69) is 29.7 Å². The second-order valence-electron chi connectivity index (χ2n) is 5.46. The normalized spacial score (nSPS) is 20.9. The number of ether oxygens (including phenoxy) is 1. The Balaban J connectivity index is 1.87. The van der Waals surface area contributed by atoms with Crippen LogP contribution in [0.1, 0.15) is 31.7 Å². The summed E-state index contributed by atoms with van der Waals surface area (Å²) in [7, 11) is 1.67. The van der Waals surface area contributed by atoms with E-state index >= 15 is 0 Å². The highest BCUT2D eigenvalue weighted by atomic mass is 16.5. The molecule has 0 radical (unpaired) electrons. The molecular weight excluding hydrogens is 252 g/mol. The molecule has 1 aromatic carbocycles. The van der Waals surface area contributed by atoms with Gasteiger partial charge in [-0.3, -0.25) is 4.79 Å². The lowest BCUT2D eigenvalue weighted by molar-refractivity contribution is -0.123. The molecule has 2 rings (SSSR count). The summed E-state index contributed by atoms with van der Waals surface area (Å²) < 4.78 is 5.16. The lowest BCUT2D eigenvalue weighted by Gasteiger charge is -2.21. The number of hydrogen-bond donors (Lipinski definition) is 2. The topological polar surface area (TPSA) is 50.4 Å². The third kappa shape index (κ3) is 4.23. The van der Waals surface area contributed by atoms with Gasteiger partial charge < -0.3 is 15.4 Å². The fourth-order valence-electron chi connectivity index (χ4n) is 2.62. The molecule has 0 aromatic heterocycles. The highest BCUT2D eigenvalue weighted by Gasteiger charge is 2.21. The van der Waals surface area contributed by atoms with Crippen LogP contribution in [0.4, 0.5) is 0 Å². The Morgan fingerprint density at radius 2 is 2.10 bits per heavy atom. The van der Waals surface area contributed by atoms with Crippen LogP contribution < -0.4 is 15.4 Å². The standard InChI is InChI=1S/C16H24N2O2/c1-12(11-13-6-8-14(20-2)9-7-13)18-15-5-3-4-10-17-16(15)19/h6-9,12,15,18H,3-5,10-11H2,1-2H3,(H,17,19)/t12-,15+/m1/s1. The second-order valence-corrected chi connectivity index (χ2v) is 5.46. The number of amides is 1. The van der Waals surface area contributed by atoms with Crippen LogP contribution in [0.5, 0.6) is 5.75 Å². The molecular formula is C16H24N2O2. The maximum Gasteiger partial charge on any atom is 0.237 e. The van der Waals surface area contributed by atoms with Crippen molar-refractivity contribution in [3.8, 4) is 5.75 Å². The second kappa shape index (κ2) is 7.29. The summed E-state index contributed by atoms with van der Waals surface area (Å²) in [5, 5.41) is 6.40. The smallest absolute Gasteiger partial charge is 0.237 e. The van der Waals surface area contributed by atoms with Gasteiger partial charge in [-0.2, -0.15) is 0 Å². The molecule has 2 N–H and O–H groups in total. The third-order valence-electron chi connectivity index (χ3n) is 3.72. The number of nitrogens with one attached hydrogen (secondary N) is 2. The fraction of sp³-hybridized carbons (Fsp3) is 0.562. The minimum atomic E-state index is -0.0502. The van der Waals surface area contributed by atoms with Crippen molar-refractivity contribution in [2.45, 2.75) is 44.7 Å². The molecule has 110 valence electrons. The number of hydrogen-bond acceptors (Lipinski definition) is 3. The molecule has 0 spiro atoms. The molecule has 1 aromatic rings. The molecule has 4 nitrogen and oxygen atoms in total. The van der Waals surface area contributed by atoms with Gasteiger partial charge in [0.2, 0.25) is 5.91 Å². The van der Waals surface area contributed by atoms with E-state index < -0.39 is 0 Å². The van der Waals surface area contributed by atoms with E-state index in [-0.39, 0.29) is 18.0 Å². The van der Waals surface area contributed by atoms with E-state index in [1.165, 1.54) is 5.56 Å². The first-order chi connectivity index (χ1) is 9.69. The monoisotopic (exact) mass is 276 g/mol. The van der Waals surface area contributed by atoms with Crippen molar-refractivity contribution >= 4 is 5.91 Å². The van der Waals surface area contributed by atoms with Crippen LogP contribution in [-0.4, -0.2) is 31.6 Å². The zero-order valence-electron chi connectivity index (χ0n) is 12.3. The largest absolute Gasteiger partial charge is 0.497 e. The van der Waals surface area contributed by atoms with Gasteiger partial charge in [0, 0.05) is 12.6 Å². The van der Waals surface area contributed by atoms with Gasteiger partial charge in [0.25, 0.3) is 0 Å². The predicted octanol–water partition coefficient (Wildman–Crippen LogP) is 1.88. The van der Waals surface area contributed by atoms with Crippen LogP contribution in [0, 0.1) is 0 Å². The van der Waals surface area contributed by atoms with Gasteiger partial charge in [-0.15, -0.1) is 0 Å². The molecule has 1 aliphatic rings. The average molecular weight is 276 g/mol. The van der Waals surface area contributed by atoms with Crippen molar-refractivity contribution in [2.75, 3.05) is 13.7 Å². The minimum Gasteiger partial charge on any atom is -0.497 e.